The van der Waals surface area contributed by atoms with Crippen molar-refractivity contribution in [2.24, 2.45) is 5.92 Å². The van der Waals surface area contributed by atoms with Gasteiger partial charge in [-0.2, -0.15) is 0 Å². The molecule has 3 atom stereocenters. The van der Waals surface area contributed by atoms with Gasteiger partial charge in [0.25, 0.3) is 11.8 Å². The van der Waals surface area contributed by atoms with E-state index in [1.165, 1.54) is 41.5 Å². The van der Waals surface area contributed by atoms with E-state index in [1.807, 2.05) is 24.3 Å². The number of nitrogens with zero attached hydrogens (tertiary/aromatic N) is 2. The third kappa shape index (κ3) is 7.97. The van der Waals surface area contributed by atoms with Crippen molar-refractivity contribution in [2.75, 3.05) is 26.2 Å². The van der Waals surface area contributed by atoms with Gasteiger partial charge in [0, 0.05) is 18.2 Å². The average molecular weight is 738 g/mol. The fourth-order valence-corrected chi connectivity index (χ4v) is 9.36. The summed E-state index contributed by atoms with van der Waals surface area (Å²) in [5.41, 5.74) is 7.67. The van der Waals surface area contributed by atoms with Crippen LogP contribution in [0, 0.1) is 5.92 Å². The fraction of sp³-hybridized carbons (Fsp3) is 0.383. The zero-order chi connectivity index (χ0) is 37.9. The number of hydrogen-bond donors (Lipinski definition) is 2. The summed E-state index contributed by atoms with van der Waals surface area (Å²) >= 11 is 0. The van der Waals surface area contributed by atoms with E-state index in [-0.39, 0.29) is 23.6 Å². The molecule has 284 valence electrons. The highest BCUT2D eigenvalue weighted by Gasteiger charge is 2.44. The zero-order valence-corrected chi connectivity index (χ0v) is 31.6. The first-order chi connectivity index (χ1) is 26.8. The number of benzene rings is 4. The monoisotopic (exact) mass is 737 g/mol. The Kier molecular flexibility index (Phi) is 10.9. The van der Waals surface area contributed by atoms with Crippen molar-refractivity contribution in [1.29, 1.82) is 0 Å². The quantitative estimate of drug-likeness (QED) is 0.113. The lowest BCUT2D eigenvalue weighted by Gasteiger charge is -2.35. The minimum Gasteiger partial charge on any atom is -0.508 e. The molecule has 3 aliphatic heterocycles. The highest BCUT2D eigenvalue weighted by molar-refractivity contribution is 6.23. The van der Waals surface area contributed by atoms with Crippen molar-refractivity contribution >= 4 is 17.7 Å². The number of phenols is 1. The zero-order valence-electron chi connectivity index (χ0n) is 31.6. The largest absolute Gasteiger partial charge is 0.508 e. The molecule has 8 heteroatoms. The molecule has 4 aromatic rings. The van der Waals surface area contributed by atoms with Crippen LogP contribution in [0.3, 0.4) is 0 Å². The summed E-state index contributed by atoms with van der Waals surface area (Å²) in [5.74, 6) is 1.48. The van der Waals surface area contributed by atoms with E-state index in [9.17, 15) is 19.5 Å². The minimum absolute atomic E-state index is 0.227. The Hall–Kier alpha value is -5.21. The van der Waals surface area contributed by atoms with Gasteiger partial charge in [-0.05, 0) is 141 Å². The SMILES string of the molecule is C=C1CCC(N2C(=O)c3ccc(CCCCC4CCN(CCOc5ccc([C@H]6c7ccc(O)cc7CC[C@H]6c6ccccc6)cc5)CC4)cc3C2=O)C(=O)N1. The Balaban J connectivity index is 0.766. The molecule has 4 aliphatic rings. The normalized spacial score (nSPS) is 21.7. The lowest BCUT2D eigenvalue weighted by Crippen LogP contribution is -2.51. The number of amides is 3. The van der Waals surface area contributed by atoms with Gasteiger partial charge in [0.1, 0.15) is 24.1 Å². The number of rotatable bonds is 12. The first-order valence-electron chi connectivity index (χ1n) is 20.1. The molecular weight excluding hydrogens is 687 g/mol. The predicted molar refractivity (Wildman–Crippen MR) is 213 cm³/mol. The van der Waals surface area contributed by atoms with E-state index in [0.717, 1.165) is 73.9 Å². The number of piperidine rings is 2. The van der Waals surface area contributed by atoms with E-state index < -0.39 is 6.04 Å². The van der Waals surface area contributed by atoms with Gasteiger partial charge in [0.05, 0.1) is 11.1 Å². The number of ether oxygens (including phenoxy) is 1. The van der Waals surface area contributed by atoms with Crippen molar-refractivity contribution in [2.45, 2.75) is 82.1 Å². The van der Waals surface area contributed by atoms with Crippen molar-refractivity contribution in [3.05, 3.63) is 142 Å². The summed E-state index contributed by atoms with van der Waals surface area (Å²) < 4.78 is 6.24. The molecule has 8 nitrogen and oxygen atoms in total. The molecule has 2 N–H and O–H groups in total. The number of aromatic hydroxyl groups is 1. The highest BCUT2D eigenvalue weighted by Crippen LogP contribution is 2.47. The number of carbonyl (C=O) groups excluding carboxylic acids is 3. The second-order valence-corrected chi connectivity index (χ2v) is 15.9. The van der Waals surface area contributed by atoms with Crippen molar-refractivity contribution in [1.82, 2.24) is 15.1 Å². The molecule has 2 saturated heterocycles. The van der Waals surface area contributed by atoms with Crippen molar-refractivity contribution < 1.29 is 24.2 Å². The van der Waals surface area contributed by atoms with Gasteiger partial charge in [0.15, 0.2) is 0 Å². The number of nitrogens with one attached hydrogen (secondary N) is 1. The molecule has 0 aromatic heterocycles. The maximum atomic E-state index is 13.2. The van der Waals surface area contributed by atoms with Gasteiger partial charge in [-0.1, -0.05) is 74.0 Å². The maximum Gasteiger partial charge on any atom is 0.262 e. The topological polar surface area (TPSA) is 99.2 Å². The van der Waals surface area contributed by atoms with Gasteiger partial charge in [-0.25, -0.2) is 0 Å². The molecule has 1 aliphatic carbocycles. The standard InChI is InChI=1S/C47H51N3O5/c1-31-11-22-43(45(52)48-31)50-46(53)41-19-12-33(29-42(41)47(50)54)8-6-5-7-32-23-25-49(26-24-32)27-28-55-38-17-13-35(14-18-38)44-39(34-9-3-2-4-10-34)20-15-36-30-37(51)16-21-40(36)44/h2-4,9-10,12-14,16-19,21,29-30,32,39,43-44,51H,1,5-8,11,15,20,22-28H2,(H,48,52)/t39-,43?,44+/m0/s1. The van der Waals surface area contributed by atoms with Crippen LogP contribution in [0.2, 0.25) is 0 Å². The van der Waals surface area contributed by atoms with Gasteiger partial charge < -0.3 is 15.2 Å². The van der Waals surface area contributed by atoms with Crippen molar-refractivity contribution in [3.8, 4) is 11.5 Å². The maximum absolute atomic E-state index is 13.2. The summed E-state index contributed by atoms with van der Waals surface area (Å²) in [6.07, 6.45) is 9.60. The predicted octanol–water partition coefficient (Wildman–Crippen LogP) is 8.15. The van der Waals surface area contributed by atoms with Crippen LogP contribution >= 0.6 is 0 Å². The van der Waals surface area contributed by atoms with E-state index in [4.69, 9.17) is 4.74 Å². The Bertz CT molecular complexity index is 2050. The first-order valence-corrected chi connectivity index (χ1v) is 20.1. The van der Waals surface area contributed by atoms with Crippen LogP contribution < -0.4 is 10.1 Å². The van der Waals surface area contributed by atoms with E-state index >= 15 is 0 Å². The average Bonchev–Trinajstić information content (AvgIpc) is 3.45. The van der Waals surface area contributed by atoms with Crippen LogP contribution in [-0.4, -0.2) is 64.9 Å². The third-order valence-corrected chi connectivity index (χ3v) is 12.4. The Morgan fingerprint density at radius 1 is 0.782 bits per heavy atom. The molecule has 0 saturated carbocycles. The molecule has 3 heterocycles. The molecule has 3 amide bonds. The summed E-state index contributed by atoms with van der Waals surface area (Å²) in [4.78, 5) is 42.5. The second-order valence-electron chi connectivity index (χ2n) is 15.9. The van der Waals surface area contributed by atoms with Gasteiger partial charge in [-0.15, -0.1) is 0 Å². The van der Waals surface area contributed by atoms with E-state index in [0.29, 0.717) is 47.9 Å². The van der Waals surface area contributed by atoms with Crippen LogP contribution in [0.15, 0.2) is 103 Å². The molecule has 2 fully saturated rings. The van der Waals surface area contributed by atoms with Gasteiger partial charge in [0.2, 0.25) is 5.91 Å². The van der Waals surface area contributed by atoms with Gasteiger partial charge in [-0.3, -0.25) is 24.2 Å². The molecule has 4 aromatic carbocycles. The number of allylic oxidation sites excluding steroid dienone is 1. The number of likely N-dealkylation sites (tertiary alicyclic amines) is 1. The number of aryl methyl sites for hydroxylation is 2. The van der Waals surface area contributed by atoms with E-state index in [2.05, 4.69) is 77.5 Å². The van der Waals surface area contributed by atoms with Crippen molar-refractivity contribution in [3.63, 3.8) is 0 Å². The van der Waals surface area contributed by atoms with Crippen LogP contribution in [-0.2, 0) is 17.6 Å². The van der Waals surface area contributed by atoms with Gasteiger partial charge >= 0.3 is 0 Å². The number of hydrogen-bond acceptors (Lipinski definition) is 6. The Morgan fingerprint density at radius 3 is 2.35 bits per heavy atom. The second kappa shape index (κ2) is 16.3. The Labute approximate surface area is 324 Å². The van der Waals surface area contributed by atoms with Crippen LogP contribution in [0.4, 0.5) is 0 Å². The van der Waals surface area contributed by atoms with E-state index in [1.54, 1.807) is 6.07 Å². The number of unbranched alkanes of at least 4 members (excludes halogenated alkanes) is 1. The molecule has 0 radical (unpaired) electrons. The molecular formula is C47H51N3O5. The summed E-state index contributed by atoms with van der Waals surface area (Å²) in [5, 5.41) is 12.9. The molecule has 55 heavy (non-hydrogen) atoms. The fourth-order valence-electron chi connectivity index (χ4n) is 9.36. The van der Waals surface area contributed by atoms with Crippen LogP contribution in [0.25, 0.3) is 0 Å². The summed E-state index contributed by atoms with van der Waals surface area (Å²) in [6.45, 7) is 7.57. The summed E-state index contributed by atoms with van der Waals surface area (Å²) in [7, 11) is 0. The lowest BCUT2D eigenvalue weighted by molar-refractivity contribution is -0.125. The lowest BCUT2D eigenvalue weighted by atomic mass is 9.69. The van der Waals surface area contributed by atoms with Crippen LogP contribution in [0.1, 0.15) is 112 Å². The van der Waals surface area contributed by atoms with Crippen LogP contribution in [0.5, 0.6) is 11.5 Å². The smallest absolute Gasteiger partial charge is 0.262 e. The molecule has 0 bridgehead atoms. The number of phenolic OH excluding ortho intramolecular Hbond substituents is 1. The first kappa shape index (κ1) is 36.8. The molecule has 8 rings (SSSR count). The number of fused-ring (bicyclic) bond motifs is 2. The third-order valence-electron chi connectivity index (χ3n) is 12.4. The summed E-state index contributed by atoms with van der Waals surface area (Å²) in [6, 6.07) is 30.1. The number of imide groups is 1. The number of carbonyl (C=O) groups is 3. The molecule has 0 spiro atoms. The Morgan fingerprint density at radius 2 is 1.56 bits per heavy atom. The molecule has 1 unspecified atom stereocenters. The highest BCUT2D eigenvalue weighted by atomic mass is 16.5. The minimum atomic E-state index is -0.781.